The van der Waals surface area contributed by atoms with E-state index in [9.17, 15) is 4.79 Å². The largest absolute Gasteiger partial charge is 0.375 e. The molecule has 4 nitrogen and oxygen atoms in total. The van der Waals surface area contributed by atoms with Gasteiger partial charge in [0.1, 0.15) is 12.9 Å². The Morgan fingerprint density at radius 1 is 1.00 bits per heavy atom. The predicted octanol–water partition coefficient (Wildman–Crippen LogP) is 2.54. The molecule has 0 amide bonds. The number of aldehydes is 1. The second-order valence-corrected chi connectivity index (χ2v) is 5.13. The van der Waals surface area contributed by atoms with Crippen molar-refractivity contribution in [2.75, 3.05) is 19.8 Å². The summed E-state index contributed by atoms with van der Waals surface area (Å²) >= 11 is 0. The third kappa shape index (κ3) is 12.0. The third-order valence-corrected chi connectivity index (χ3v) is 2.49. The lowest BCUT2D eigenvalue weighted by Crippen LogP contribution is -2.32. The molecule has 0 heterocycles. The van der Waals surface area contributed by atoms with Gasteiger partial charge < -0.3 is 20.0 Å². The molecule has 0 atom stereocenters. The summed E-state index contributed by atoms with van der Waals surface area (Å²) in [6.07, 6.45) is 2.36. The molecule has 110 valence electrons. The molecule has 0 spiro atoms. The smallest absolute Gasteiger partial charge is 0.145 e. The van der Waals surface area contributed by atoms with Gasteiger partial charge in [0.2, 0.25) is 0 Å². The van der Waals surface area contributed by atoms with Crippen LogP contribution in [-0.2, 0) is 14.3 Å². The van der Waals surface area contributed by atoms with Crippen LogP contribution in [0.3, 0.4) is 0 Å². The number of hydrogen-bond donors (Lipinski definition) is 1. The summed E-state index contributed by atoms with van der Waals surface area (Å²) < 4.78 is 11.1. The zero-order chi connectivity index (χ0) is 14.7. The summed E-state index contributed by atoms with van der Waals surface area (Å²) in [6, 6.07) is 0. The van der Waals surface area contributed by atoms with E-state index in [-0.39, 0.29) is 17.8 Å². The number of ether oxygens (including phenoxy) is 2. The lowest BCUT2D eigenvalue weighted by molar-refractivity contribution is -0.120. The first-order chi connectivity index (χ1) is 8.33. The molecule has 4 heteroatoms. The van der Waals surface area contributed by atoms with Crippen molar-refractivity contribution in [3.8, 4) is 0 Å². The first-order valence-electron chi connectivity index (χ1n) is 6.74. The molecule has 0 unspecified atom stereocenters. The van der Waals surface area contributed by atoms with Gasteiger partial charge in [0.25, 0.3) is 0 Å². The van der Waals surface area contributed by atoms with E-state index < -0.39 is 0 Å². The maximum Gasteiger partial charge on any atom is 0.145 e. The Morgan fingerprint density at radius 3 is 1.94 bits per heavy atom. The Hall–Kier alpha value is -0.450. The van der Waals surface area contributed by atoms with Crippen molar-refractivity contribution < 1.29 is 14.3 Å². The maximum atomic E-state index is 10.2. The molecule has 0 aliphatic heterocycles. The van der Waals surface area contributed by atoms with Crippen LogP contribution in [0.1, 0.15) is 54.4 Å². The highest BCUT2D eigenvalue weighted by Crippen LogP contribution is 2.18. The first-order valence-corrected chi connectivity index (χ1v) is 6.74. The molecule has 0 aliphatic rings. The van der Waals surface area contributed by atoms with Crippen molar-refractivity contribution >= 4 is 6.29 Å². The second kappa shape index (κ2) is 10.5. The van der Waals surface area contributed by atoms with Gasteiger partial charge in [-0.25, -0.2) is 0 Å². The number of rotatable bonds is 9. The molecule has 0 radical (unpaired) electrons. The highest BCUT2D eigenvalue weighted by atomic mass is 16.5. The van der Waals surface area contributed by atoms with Crippen molar-refractivity contribution in [3.05, 3.63) is 0 Å². The summed E-state index contributed by atoms with van der Waals surface area (Å²) in [5, 5.41) is 0. The summed E-state index contributed by atoms with van der Waals surface area (Å²) in [5.41, 5.74) is 4.99. The van der Waals surface area contributed by atoms with E-state index in [0.717, 1.165) is 19.1 Å². The minimum atomic E-state index is -0.320. The minimum absolute atomic E-state index is 0.138. The minimum Gasteiger partial charge on any atom is -0.375 e. The van der Waals surface area contributed by atoms with Crippen LogP contribution in [0.2, 0.25) is 0 Å². The molecule has 2 N–H and O–H groups in total. The van der Waals surface area contributed by atoms with E-state index in [4.69, 9.17) is 15.2 Å². The van der Waals surface area contributed by atoms with Crippen LogP contribution in [0, 0.1) is 0 Å². The zero-order valence-electron chi connectivity index (χ0n) is 12.9. The van der Waals surface area contributed by atoms with Crippen molar-refractivity contribution in [2.45, 2.75) is 65.6 Å². The maximum absolute atomic E-state index is 10.2. The van der Waals surface area contributed by atoms with E-state index in [1.165, 1.54) is 0 Å². The van der Waals surface area contributed by atoms with Gasteiger partial charge in [-0.2, -0.15) is 0 Å². The molecule has 0 bridgehead atoms. The van der Waals surface area contributed by atoms with Crippen LogP contribution in [0.15, 0.2) is 0 Å². The first kappa shape index (κ1) is 19.9. The lowest BCUT2D eigenvalue weighted by Gasteiger charge is -2.29. The molecular formula is C14H31NO3. The lowest BCUT2D eigenvalue weighted by atomic mass is 10.0. The Balaban J connectivity index is 0. The van der Waals surface area contributed by atoms with Crippen molar-refractivity contribution in [1.29, 1.82) is 0 Å². The highest BCUT2D eigenvalue weighted by Gasteiger charge is 2.21. The Morgan fingerprint density at radius 2 is 1.50 bits per heavy atom. The van der Waals surface area contributed by atoms with Crippen LogP contribution in [0.5, 0.6) is 0 Å². The van der Waals surface area contributed by atoms with E-state index in [0.29, 0.717) is 13.2 Å². The summed E-state index contributed by atoms with van der Waals surface area (Å²) in [4.78, 5) is 10.2. The van der Waals surface area contributed by atoms with Crippen LogP contribution in [-0.4, -0.2) is 37.2 Å². The van der Waals surface area contributed by atoms with Crippen molar-refractivity contribution in [3.63, 3.8) is 0 Å². The van der Waals surface area contributed by atoms with E-state index in [1.54, 1.807) is 0 Å². The van der Waals surface area contributed by atoms with Crippen LogP contribution in [0.25, 0.3) is 0 Å². The SMILES string of the molecule is CC.CC(C)(CCOC(C)(C)CCN)OCC=O. The normalized spacial score (nSPS) is 11.7. The Labute approximate surface area is 112 Å². The number of carbonyl (C=O) groups excluding carboxylic acids is 1. The predicted molar refractivity (Wildman–Crippen MR) is 75.8 cm³/mol. The van der Waals surface area contributed by atoms with Crippen LogP contribution < -0.4 is 5.73 Å². The third-order valence-electron chi connectivity index (χ3n) is 2.49. The van der Waals surface area contributed by atoms with Crippen LogP contribution >= 0.6 is 0 Å². The van der Waals surface area contributed by atoms with Gasteiger partial charge >= 0.3 is 0 Å². The molecule has 0 aromatic heterocycles. The molecule has 0 saturated heterocycles. The summed E-state index contributed by atoms with van der Waals surface area (Å²) in [5.74, 6) is 0. The number of carbonyl (C=O) groups is 1. The zero-order valence-corrected chi connectivity index (χ0v) is 12.9. The van der Waals surface area contributed by atoms with E-state index >= 15 is 0 Å². The van der Waals surface area contributed by atoms with E-state index in [1.807, 2.05) is 41.5 Å². The van der Waals surface area contributed by atoms with Gasteiger partial charge in [0.15, 0.2) is 0 Å². The van der Waals surface area contributed by atoms with Gasteiger partial charge in [0.05, 0.1) is 17.8 Å². The highest BCUT2D eigenvalue weighted by molar-refractivity contribution is 5.50. The van der Waals surface area contributed by atoms with E-state index in [2.05, 4.69) is 0 Å². The second-order valence-electron chi connectivity index (χ2n) is 5.13. The van der Waals surface area contributed by atoms with Crippen LogP contribution in [0.4, 0.5) is 0 Å². The average molecular weight is 261 g/mol. The summed E-state index contributed by atoms with van der Waals surface area (Å²) in [7, 11) is 0. The molecule has 0 saturated carbocycles. The molecule has 18 heavy (non-hydrogen) atoms. The molecule has 0 aromatic carbocycles. The standard InChI is InChI=1S/C12H25NO3.C2H6/c1-11(2,5-7-13)15-9-6-12(3,4)16-10-8-14;1-2/h8H,5-7,9-10,13H2,1-4H3;1-2H3. The van der Waals surface area contributed by atoms with Gasteiger partial charge in [-0.1, -0.05) is 13.8 Å². The van der Waals surface area contributed by atoms with Crippen molar-refractivity contribution in [2.24, 2.45) is 5.73 Å². The fourth-order valence-corrected chi connectivity index (χ4v) is 1.32. The van der Waals surface area contributed by atoms with Gasteiger partial charge in [-0.15, -0.1) is 0 Å². The van der Waals surface area contributed by atoms with Gasteiger partial charge in [-0.05, 0) is 47.1 Å². The molecule has 0 aliphatic carbocycles. The molecule has 0 rings (SSSR count). The summed E-state index contributed by atoms with van der Waals surface area (Å²) in [6.45, 7) is 13.3. The van der Waals surface area contributed by atoms with Crippen molar-refractivity contribution in [1.82, 2.24) is 0 Å². The molecular weight excluding hydrogens is 230 g/mol. The Bertz CT molecular complexity index is 203. The average Bonchev–Trinajstić information content (AvgIpc) is 2.28. The fraction of sp³-hybridized carbons (Fsp3) is 0.929. The fourth-order valence-electron chi connectivity index (χ4n) is 1.32. The molecule has 0 aromatic rings. The topological polar surface area (TPSA) is 61.6 Å². The van der Waals surface area contributed by atoms with Gasteiger partial charge in [0, 0.05) is 0 Å². The number of nitrogens with two attached hydrogens (primary N) is 1. The van der Waals surface area contributed by atoms with Gasteiger partial charge in [-0.3, -0.25) is 0 Å². The molecule has 0 fully saturated rings. The quantitative estimate of drug-likeness (QED) is 0.648. The number of hydrogen-bond acceptors (Lipinski definition) is 4. The monoisotopic (exact) mass is 261 g/mol. The Kier molecular flexibility index (Phi) is 11.6.